The number of thiophene rings is 1. The highest BCUT2D eigenvalue weighted by Crippen LogP contribution is 2.26. The SMILES string of the molecule is Cc1oc(-c2cccs2)nc1C[S@@](=O)CC(=O)NCCC(C)C. The first-order chi connectivity index (χ1) is 11.0. The summed E-state index contributed by atoms with van der Waals surface area (Å²) in [6.07, 6.45) is 0.922. The van der Waals surface area contributed by atoms with Crippen LogP contribution in [0, 0.1) is 12.8 Å². The van der Waals surface area contributed by atoms with Crippen molar-refractivity contribution >= 4 is 28.0 Å². The van der Waals surface area contributed by atoms with Gasteiger partial charge in [0.1, 0.15) is 11.5 Å². The first-order valence-corrected chi connectivity index (χ1v) is 9.94. The third kappa shape index (κ3) is 5.58. The molecular weight excluding hydrogens is 332 g/mol. The van der Waals surface area contributed by atoms with Gasteiger partial charge in [0, 0.05) is 17.3 Å². The van der Waals surface area contributed by atoms with Crippen molar-refractivity contribution in [1.29, 1.82) is 0 Å². The first-order valence-electron chi connectivity index (χ1n) is 7.57. The molecule has 23 heavy (non-hydrogen) atoms. The molecule has 2 heterocycles. The Morgan fingerprint density at radius 2 is 2.26 bits per heavy atom. The quantitative estimate of drug-likeness (QED) is 0.790. The van der Waals surface area contributed by atoms with Crippen molar-refractivity contribution in [3.8, 4) is 10.8 Å². The molecule has 5 nitrogen and oxygen atoms in total. The molecule has 2 aromatic heterocycles. The van der Waals surface area contributed by atoms with E-state index in [2.05, 4.69) is 24.1 Å². The maximum atomic E-state index is 12.1. The Morgan fingerprint density at radius 1 is 1.48 bits per heavy atom. The molecule has 0 saturated carbocycles. The molecule has 2 aromatic rings. The summed E-state index contributed by atoms with van der Waals surface area (Å²) in [6.45, 7) is 6.63. The summed E-state index contributed by atoms with van der Waals surface area (Å²) in [5, 5.41) is 4.75. The fraction of sp³-hybridized carbons (Fsp3) is 0.500. The topological polar surface area (TPSA) is 72.2 Å². The largest absolute Gasteiger partial charge is 0.440 e. The monoisotopic (exact) mass is 354 g/mol. The highest BCUT2D eigenvalue weighted by molar-refractivity contribution is 7.84. The third-order valence-corrected chi connectivity index (χ3v) is 5.30. The van der Waals surface area contributed by atoms with E-state index in [-0.39, 0.29) is 17.4 Å². The summed E-state index contributed by atoms with van der Waals surface area (Å²) in [6, 6.07) is 3.86. The van der Waals surface area contributed by atoms with Crippen LogP contribution in [-0.2, 0) is 21.3 Å². The van der Waals surface area contributed by atoms with Crippen LogP contribution in [0.3, 0.4) is 0 Å². The Bertz CT molecular complexity index is 663. The van der Waals surface area contributed by atoms with Crippen LogP contribution in [0.2, 0.25) is 0 Å². The second-order valence-corrected chi connectivity index (χ2v) is 8.16. The second kappa shape index (κ2) is 8.40. The average molecular weight is 354 g/mol. The van der Waals surface area contributed by atoms with E-state index in [1.165, 1.54) is 0 Å². The summed E-state index contributed by atoms with van der Waals surface area (Å²) in [7, 11) is -1.29. The van der Waals surface area contributed by atoms with Crippen molar-refractivity contribution in [3.63, 3.8) is 0 Å². The molecule has 0 fully saturated rings. The lowest BCUT2D eigenvalue weighted by atomic mass is 10.1. The van der Waals surface area contributed by atoms with Gasteiger partial charge >= 0.3 is 0 Å². The summed E-state index contributed by atoms with van der Waals surface area (Å²) in [4.78, 5) is 17.1. The minimum absolute atomic E-state index is 0.00126. The molecule has 1 amide bonds. The summed E-state index contributed by atoms with van der Waals surface area (Å²) in [5.41, 5.74) is 0.654. The second-order valence-electron chi connectivity index (χ2n) is 5.76. The van der Waals surface area contributed by atoms with Gasteiger partial charge in [-0.3, -0.25) is 9.00 Å². The Balaban J connectivity index is 1.87. The van der Waals surface area contributed by atoms with Gasteiger partial charge in [0.15, 0.2) is 0 Å². The Hall–Kier alpha value is -1.47. The first kappa shape index (κ1) is 17.9. The van der Waals surface area contributed by atoms with Gasteiger partial charge in [-0.1, -0.05) is 19.9 Å². The zero-order chi connectivity index (χ0) is 16.8. The fourth-order valence-electron chi connectivity index (χ4n) is 1.97. The van der Waals surface area contributed by atoms with E-state index in [1.807, 2.05) is 17.5 Å². The number of nitrogens with zero attached hydrogens (tertiary/aromatic N) is 1. The lowest BCUT2D eigenvalue weighted by Gasteiger charge is -2.06. The van der Waals surface area contributed by atoms with Gasteiger partial charge in [-0.15, -0.1) is 11.3 Å². The zero-order valence-corrected chi connectivity index (χ0v) is 15.3. The Kier molecular flexibility index (Phi) is 6.53. The number of carbonyl (C=O) groups is 1. The standard InChI is InChI=1S/C16H22N2O3S2/c1-11(2)6-7-17-15(19)10-23(20)9-13-12(3)21-16(18-13)14-5-4-8-22-14/h4-5,8,11H,6-7,9-10H2,1-3H3,(H,17,19)/t23-/m1/s1. The molecule has 7 heteroatoms. The van der Waals surface area contributed by atoms with Crippen LogP contribution >= 0.6 is 11.3 Å². The van der Waals surface area contributed by atoms with Crippen molar-refractivity contribution in [3.05, 3.63) is 29.0 Å². The van der Waals surface area contributed by atoms with Gasteiger partial charge in [0.25, 0.3) is 0 Å². The number of hydrogen-bond acceptors (Lipinski definition) is 5. The number of oxazole rings is 1. The lowest BCUT2D eigenvalue weighted by Crippen LogP contribution is -2.30. The average Bonchev–Trinajstić information content (AvgIpc) is 3.08. The van der Waals surface area contributed by atoms with E-state index in [0.29, 0.717) is 29.8 Å². The van der Waals surface area contributed by atoms with Gasteiger partial charge < -0.3 is 9.73 Å². The smallest absolute Gasteiger partial charge is 0.236 e. The fourth-order valence-corrected chi connectivity index (χ4v) is 3.69. The van der Waals surface area contributed by atoms with Gasteiger partial charge in [0.05, 0.1) is 16.3 Å². The van der Waals surface area contributed by atoms with Gasteiger partial charge in [-0.05, 0) is 30.7 Å². The molecule has 126 valence electrons. The van der Waals surface area contributed by atoms with Crippen LogP contribution in [-0.4, -0.2) is 27.4 Å². The van der Waals surface area contributed by atoms with Crippen LogP contribution in [0.15, 0.2) is 21.9 Å². The lowest BCUT2D eigenvalue weighted by molar-refractivity contribution is -0.118. The highest BCUT2D eigenvalue weighted by Gasteiger charge is 2.16. The molecule has 0 aliphatic rings. The van der Waals surface area contributed by atoms with E-state index in [9.17, 15) is 9.00 Å². The molecule has 0 saturated heterocycles. The molecular formula is C16H22N2O3S2. The molecule has 1 atom stereocenters. The number of nitrogens with one attached hydrogen (secondary N) is 1. The Morgan fingerprint density at radius 3 is 2.91 bits per heavy atom. The maximum absolute atomic E-state index is 12.1. The van der Waals surface area contributed by atoms with Crippen molar-refractivity contribution in [1.82, 2.24) is 10.3 Å². The van der Waals surface area contributed by atoms with Crippen LogP contribution in [0.1, 0.15) is 31.7 Å². The van der Waals surface area contributed by atoms with E-state index < -0.39 is 10.8 Å². The van der Waals surface area contributed by atoms with Crippen LogP contribution in [0.4, 0.5) is 0 Å². The molecule has 0 aromatic carbocycles. The predicted octanol–water partition coefficient (Wildman–Crippen LogP) is 3.12. The van der Waals surface area contributed by atoms with Crippen molar-refractivity contribution < 1.29 is 13.4 Å². The van der Waals surface area contributed by atoms with Crippen LogP contribution in [0.5, 0.6) is 0 Å². The highest BCUT2D eigenvalue weighted by atomic mass is 32.2. The number of aromatic nitrogens is 1. The number of rotatable bonds is 8. The molecule has 1 N–H and O–H groups in total. The molecule has 2 rings (SSSR count). The van der Waals surface area contributed by atoms with Crippen molar-refractivity contribution in [2.75, 3.05) is 12.3 Å². The normalized spacial score (nSPS) is 12.5. The minimum atomic E-state index is -1.29. The zero-order valence-electron chi connectivity index (χ0n) is 13.6. The number of aryl methyl sites for hydroxylation is 1. The van der Waals surface area contributed by atoms with Crippen LogP contribution in [0.25, 0.3) is 10.8 Å². The number of hydrogen-bond donors (Lipinski definition) is 1. The van der Waals surface area contributed by atoms with Gasteiger partial charge in [-0.25, -0.2) is 4.98 Å². The molecule has 0 radical (unpaired) electrons. The Labute approximate surface area is 143 Å². The number of amides is 1. The van der Waals surface area contributed by atoms with Crippen LogP contribution < -0.4 is 5.32 Å². The molecule has 0 spiro atoms. The summed E-state index contributed by atoms with van der Waals surface area (Å²) < 4.78 is 17.8. The van der Waals surface area contributed by atoms with E-state index in [1.54, 1.807) is 18.3 Å². The van der Waals surface area contributed by atoms with E-state index in [4.69, 9.17) is 4.42 Å². The third-order valence-electron chi connectivity index (χ3n) is 3.26. The van der Waals surface area contributed by atoms with Gasteiger partial charge in [-0.2, -0.15) is 0 Å². The van der Waals surface area contributed by atoms with Gasteiger partial charge in [0.2, 0.25) is 11.8 Å². The molecule has 0 aliphatic carbocycles. The molecule has 0 aliphatic heterocycles. The van der Waals surface area contributed by atoms with E-state index in [0.717, 1.165) is 11.3 Å². The molecule has 0 unspecified atom stereocenters. The van der Waals surface area contributed by atoms with E-state index >= 15 is 0 Å². The maximum Gasteiger partial charge on any atom is 0.236 e. The summed E-state index contributed by atoms with van der Waals surface area (Å²) >= 11 is 1.54. The van der Waals surface area contributed by atoms with Crippen molar-refractivity contribution in [2.45, 2.75) is 32.9 Å². The number of carbonyl (C=O) groups excluding carboxylic acids is 1. The van der Waals surface area contributed by atoms with Crippen molar-refractivity contribution in [2.24, 2.45) is 5.92 Å². The predicted molar refractivity (Wildman–Crippen MR) is 93.7 cm³/mol. The minimum Gasteiger partial charge on any atom is -0.440 e. The molecule has 0 bridgehead atoms. The summed E-state index contributed by atoms with van der Waals surface area (Å²) in [5.74, 6) is 1.79.